The monoisotopic (exact) mass is 337 g/mol. The second kappa shape index (κ2) is 6.37. The molecule has 2 aromatic rings. The van der Waals surface area contributed by atoms with E-state index in [9.17, 15) is 9.50 Å². The average Bonchev–Trinajstić information content (AvgIpc) is 2.35. The van der Waals surface area contributed by atoms with Crippen LogP contribution in [0.25, 0.3) is 0 Å². The van der Waals surface area contributed by atoms with Crippen LogP contribution < -0.4 is 5.32 Å². The van der Waals surface area contributed by atoms with Crippen LogP contribution in [-0.2, 0) is 0 Å². The molecule has 0 aromatic heterocycles. The maximum absolute atomic E-state index is 13.4. The molecule has 2 N–H and O–H groups in total. The lowest BCUT2D eigenvalue weighted by molar-refractivity contribution is 0.276. The molecular formula is C16H17BrFNO. The summed E-state index contributed by atoms with van der Waals surface area (Å²) in [6, 6.07) is 10.4. The van der Waals surface area contributed by atoms with Gasteiger partial charge in [-0.3, -0.25) is 0 Å². The molecule has 2 aromatic carbocycles. The van der Waals surface area contributed by atoms with Gasteiger partial charge >= 0.3 is 0 Å². The third-order valence-electron chi connectivity index (χ3n) is 3.10. The smallest absolute Gasteiger partial charge is 0.125 e. The van der Waals surface area contributed by atoms with Crippen molar-refractivity contribution in [3.8, 4) is 0 Å². The van der Waals surface area contributed by atoms with Crippen molar-refractivity contribution < 1.29 is 9.50 Å². The minimum atomic E-state index is -0.286. The standard InChI is InChI=1S/C16H17BrFNO/c1-10-3-4-14(15(17)7-10)16(9-20)19-13-6-11(2)5-12(18)8-13/h3-8,16,19-20H,9H2,1-2H3. The molecule has 1 unspecified atom stereocenters. The summed E-state index contributed by atoms with van der Waals surface area (Å²) in [6.45, 7) is 3.77. The minimum Gasteiger partial charge on any atom is -0.394 e. The Morgan fingerprint density at radius 1 is 1.15 bits per heavy atom. The van der Waals surface area contributed by atoms with E-state index in [2.05, 4.69) is 21.2 Å². The summed E-state index contributed by atoms with van der Waals surface area (Å²) in [7, 11) is 0. The molecule has 0 saturated carbocycles. The topological polar surface area (TPSA) is 32.3 Å². The number of anilines is 1. The maximum Gasteiger partial charge on any atom is 0.125 e. The van der Waals surface area contributed by atoms with Crippen molar-refractivity contribution in [1.82, 2.24) is 0 Å². The fourth-order valence-corrected chi connectivity index (χ4v) is 2.93. The molecule has 0 radical (unpaired) electrons. The van der Waals surface area contributed by atoms with E-state index in [0.717, 1.165) is 21.2 Å². The van der Waals surface area contributed by atoms with Gasteiger partial charge in [0.25, 0.3) is 0 Å². The van der Waals surface area contributed by atoms with Gasteiger partial charge in [-0.05, 0) is 54.8 Å². The number of hydrogen-bond acceptors (Lipinski definition) is 2. The minimum absolute atomic E-state index is 0.0722. The molecule has 0 fully saturated rings. The van der Waals surface area contributed by atoms with Gasteiger partial charge in [0.1, 0.15) is 5.82 Å². The van der Waals surface area contributed by atoms with Crippen LogP contribution in [0.3, 0.4) is 0 Å². The van der Waals surface area contributed by atoms with Gasteiger partial charge in [-0.15, -0.1) is 0 Å². The Bertz CT molecular complexity index is 595. The first-order valence-corrected chi connectivity index (χ1v) is 7.19. The van der Waals surface area contributed by atoms with Crippen molar-refractivity contribution in [3.63, 3.8) is 0 Å². The van der Waals surface area contributed by atoms with E-state index in [-0.39, 0.29) is 18.5 Å². The molecule has 0 bridgehead atoms. The number of aliphatic hydroxyl groups excluding tert-OH is 1. The molecule has 0 amide bonds. The first-order valence-electron chi connectivity index (χ1n) is 6.40. The number of rotatable bonds is 4. The predicted octanol–water partition coefficient (Wildman–Crippen LogP) is 4.35. The summed E-state index contributed by atoms with van der Waals surface area (Å²) in [5, 5.41) is 12.8. The van der Waals surface area contributed by atoms with Crippen LogP contribution in [0.1, 0.15) is 22.7 Å². The summed E-state index contributed by atoms with van der Waals surface area (Å²) in [5.41, 5.74) is 3.58. The Morgan fingerprint density at radius 2 is 1.90 bits per heavy atom. The molecule has 0 saturated heterocycles. The highest BCUT2D eigenvalue weighted by atomic mass is 79.9. The third-order valence-corrected chi connectivity index (χ3v) is 3.78. The van der Waals surface area contributed by atoms with E-state index in [4.69, 9.17) is 0 Å². The molecule has 0 spiro atoms. The summed E-state index contributed by atoms with van der Waals surface area (Å²) in [4.78, 5) is 0. The number of halogens is 2. The lowest BCUT2D eigenvalue weighted by Crippen LogP contribution is -2.15. The first kappa shape index (κ1) is 15.0. The molecule has 0 heterocycles. The van der Waals surface area contributed by atoms with E-state index in [1.807, 2.05) is 38.1 Å². The van der Waals surface area contributed by atoms with E-state index in [0.29, 0.717) is 5.69 Å². The van der Waals surface area contributed by atoms with Crippen LogP contribution in [-0.4, -0.2) is 11.7 Å². The van der Waals surface area contributed by atoms with Crippen LogP contribution >= 0.6 is 15.9 Å². The van der Waals surface area contributed by atoms with Crippen LogP contribution in [0.4, 0.5) is 10.1 Å². The normalized spacial score (nSPS) is 12.2. The van der Waals surface area contributed by atoms with Crippen molar-refractivity contribution in [2.24, 2.45) is 0 Å². The van der Waals surface area contributed by atoms with E-state index in [1.54, 1.807) is 0 Å². The fraction of sp³-hybridized carbons (Fsp3) is 0.250. The number of nitrogens with one attached hydrogen (secondary N) is 1. The third kappa shape index (κ3) is 3.58. The first-order chi connectivity index (χ1) is 9.49. The molecule has 0 aliphatic rings. The van der Waals surface area contributed by atoms with Gasteiger partial charge in [0.2, 0.25) is 0 Å². The molecule has 2 rings (SSSR count). The molecule has 0 aliphatic heterocycles. The molecular weight excluding hydrogens is 321 g/mol. The average molecular weight is 338 g/mol. The van der Waals surface area contributed by atoms with Gasteiger partial charge < -0.3 is 10.4 Å². The highest BCUT2D eigenvalue weighted by molar-refractivity contribution is 9.10. The summed E-state index contributed by atoms with van der Waals surface area (Å²) in [5.74, 6) is -0.285. The van der Waals surface area contributed by atoms with Crippen LogP contribution in [0.5, 0.6) is 0 Å². The van der Waals surface area contributed by atoms with Crippen molar-refractivity contribution in [3.05, 3.63) is 63.4 Å². The molecule has 20 heavy (non-hydrogen) atoms. The van der Waals surface area contributed by atoms with Gasteiger partial charge in [0, 0.05) is 10.2 Å². The largest absolute Gasteiger partial charge is 0.394 e. The van der Waals surface area contributed by atoms with Crippen LogP contribution in [0, 0.1) is 19.7 Å². The second-order valence-electron chi connectivity index (χ2n) is 4.92. The Hall–Kier alpha value is -1.39. The predicted molar refractivity (Wildman–Crippen MR) is 83.5 cm³/mol. The van der Waals surface area contributed by atoms with Gasteiger partial charge in [-0.2, -0.15) is 0 Å². The zero-order chi connectivity index (χ0) is 14.7. The van der Waals surface area contributed by atoms with E-state index in [1.165, 1.54) is 12.1 Å². The van der Waals surface area contributed by atoms with Crippen molar-refractivity contribution in [1.29, 1.82) is 0 Å². The number of hydrogen-bond donors (Lipinski definition) is 2. The van der Waals surface area contributed by atoms with Gasteiger partial charge in [-0.25, -0.2) is 4.39 Å². The van der Waals surface area contributed by atoms with Crippen molar-refractivity contribution >= 4 is 21.6 Å². The molecule has 106 valence electrons. The fourth-order valence-electron chi connectivity index (χ4n) is 2.16. The Labute approximate surface area is 126 Å². The lowest BCUT2D eigenvalue weighted by Gasteiger charge is -2.20. The second-order valence-corrected chi connectivity index (χ2v) is 5.78. The van der Waals surface area contributed by atoms with E-state index < -0.39 is 0 Å². The van der Waals surface area contributed by atoms with Gasteiger partial charge in [0.05, 0.1) is 12.6 Å². The quantitative estimate of drug-likeness (QED) is 0.869. The van der Waals surface area contributed by atoms with Crippen molar-refractivity contribution in [2.45, 2.75) is 19.9 Å². The molecule has 4 heteroatoms. The highest BCUT2D eigenvalue weighted by Gasteiger charge is 2.14. The number of benzene rings is 2. The summed E-state index contributed by atoms with van der Waals surface area (Å²) in [6.07, 6.45) is 0. The Kier molecular flexibility index (Phi) is 4.78. The number of aryl methyl sites for hydroxylation is 2. The van der Waals surface area contributed by atoms with E-state index >= 15 is 0 Å². The van der Waals surface area contributed by atoms with Crippen LogP contribution in [0.2, 0.25) is 0 Å². The van der Waals surface area contributed by atoms with Gasteiger partial charge in [-0.1, -0.05) is 28.1 Å². The van der Waals surface area contributed by atoms with Crippen LogP contribution in [0.15, 0.2) is 40.9 Å². The summed E-state index contributed by atoms with van der Waals surface area (Å²) >= 11 is 3.51. The summed E-state index contributed by atoms with van der Waals surface area (Å²) < 4.78 is 14.3. The zero-order valence-corrected chi connectivity index (χ0v) is 13.0. The maximum atomic E-state index is 13.4. The SMILES string of the molecule is Cc1cc(F)cc(NC(CO)c2ccc(C)cc2Br)c1. The van der Waals surface area contributed by atoms with Crippen molar-refractivity contribution in [2.75, 3.05) is 11.9 Å². The number of aliphatic hydroxyl groups is 1. The lowest BCUT2D eigenvalue weighted by atomic mass is 10.1. The molecule has 0 aliphatic carbocycles. The van der Waals surface area contributed by atoms with Gasteiger partial charge in [0.15, 0.2) is 0 Å². The highest BCUT2D eigenvalue weighted by Crippen LogP contribution is 2.28. The Balaban J connectivity index is 2.28. The Morgan fingerprint density at radius 3 is 2.50 bits per heavy atom. The molecule has 2 nitrogen and oxygen atoms in total. The molecule has 1 atom stereocenters. The zero-order valence-electron chi connectivity index (χ0n) is 11.5.